The van der Waals surface area contributed by atoms with Crippen LogP contribution < -0.4 is 5.32 Å². The molecule has 0 saturated carbocycles. The lowest BCUT2D eigenvalue weighted by Gasteiger charge is -2.31. The molecule has 0 aliphatic carbocycles. The average Bonchev–Trinajstić information content (AvgIpc) is 2.41. The smallest absolute Gasteiger partial charge is 0.238 e. The van der Waals surface area contributed by atoms with Gasteiger partial charge in [-0.15, -0.1) is 0 Å². The van der Waals surface area contributed by atoms with Gasteiger partial charge in [0.2, 0.25) is 5.91 Å². The molecule has 0 radical (unpaired) electrons. The molecule has 1 aliphatic rings. The van der Waals surface area contributed by atoms with E-state index in [1.807, 2.05) is 24.3 Å². The zero-order chi connectivity index (χ0) is 13.7. The van der Waals surface area contributed by atoms with Crippen LogP contribution in [-0.4, -0.2) is 42.2 Å². The van der Waals surface area contributed by atoms with E-state index in [9.17, 15) is 9.90 Å². The number of nitrogens with zero attached hydrogens (tertiary/aromatic N) is 1. The highest BCUT2D eigenvalue weighted by atomic mass is 79.9. The quantitative estimate of drug-likeness (QED) is 0.890. The first-order valence-electron chi connectivity index (χ1n) is 6.56. The molecule has 4 nitrogen and oxygen atoms in total. The Labute approximate surface area is 121 Å². The van der Waals surface area contributed by atoms with Gasteiger partial charge in [-0.3, -0.25) is 9.69 Å². The van der Waals surface area contributed by atoms with E-state index in [1.165, 1.54) is 0 Å². The van der Waals surface area contributed by atoms with Gasteiger partial charge in [-0.2, -0.15) is 0 Å². The maximum Gasteiger partial charge on any atom is 0.238 e. The zero-order valence-electron chi connectivity index (χ0n) is 10.8. The first-order chi connectivity index (χ1) is 9.17. The van der Waals surface area contributed by atoms with Crippen LogP contribution in [0.4, 0.5) is 5.69 Å². The summed E-state index contributed by atoms with van der Waals surface area (Å²) in [6, 6.07) is 7.54. The van der Waals surface area contributed by atoms with Crippen LogP contribution in [0, 0.1) is 5.92 Å². The van der Waals surface area contributed by atoms with E-state index in [2.05, 4.69) is 26.1 Å². The van der Waals surface area contributed by atoms with Gasteiger partial charge in [-0.05, 0) is 49.6 Å². The maximum absolute atomic E-state index is 11.9. The van der Waals surface area contributed by atoms with Crippen LogP contribution in [0.5, 0.6) is 0 Å². The fraction of sp³-hybridized carbons (Fsp3) is 0.500. The van der Waals surface area contributed by atoms with Crippen molar-refractivity contribution in [2.24, 2.45) is 5.92 Å². The number of aliphatic hydroxyl groups excluding tert-OH is 1. The first-order valence-corrected chi connectivity index (χ1v) is 7.35. The maximum atomic E-state index is 11.9. The summed E-state index contributed by atoms with van der Waals surface area (Å²) in [7, 11) is 0. The normalized spacial score (nSPS) is 20.2. The highest BCUT2D eigenvalue weighted by Crippen LogP contribution is 2.16. The van der Waals surface area contributed by atoms with Crippen molar-refractivity contribution in [2.45, 2.75) is 12.8 Å². The van der Waals surface area contributed by atoms with Gasteiger partial charge < -0.3 is 10.4 Å². The van der Waals surface area contributed by atoms with E-state index >= 15 is 0 Å². The van der Waals surface area contributed by atoms with E-state index in [0.29, 0.717) is 12.5 Å². The van der Waals surface area contributed by atoms with Crippen molar-refractivity contribution in [3.05, 3.63) is 28.7 Å². The molecule has 1 saturated heterocycles. The Kier molecular flexibility index (Phi) is 5.36. The lowest BCUT2D eigenvalue weighted by Crippen LogP contribution is -2.41. The zero-order valence-corrected chi connectivity index (χ0v) is 12.4. The second-order valence-corrected chi connectivity index (χ2v) is 5.90. The van der Waals surface area contributed by atoms with Crippen LogP contribution in [0.25, 0.3) is 0 Å². The molecule has 2 N–H and O–H groups in total. The van der Waals surface area contributed by atoms with Gasteiger partial charge in [0.1, 0.15) is 0 Å². The lowest BCUT2D eigenvalue weighted by molar-refractivity contribution is -0.117. The molecule has 1 aromatic rings. The standard InChI is InChI=1S/C14H19BrN2O2/c15-12-3-5-13(6-4-12)16-14(19)9-17-7-1-2-11(8-17)10-18/h3-6,11,18H,1-2,7-10H2,(H,16,19). The van der Waals surface area contributed by atoms with E-state index < -0.39 is 0 Å². The number of hydrogen-bond donors (Lipinski definition) is 2. The van der Waals surface area contributed by atoms with Crippen molar-refractivity contribution in [1.29, 1.82) is 0 Å². The molecule has 1 fully saturated rings. The number of halogens is 1. The molecule has 0 aromatic heterocycles. The van der Waals surface area contributed by atoms with Crippen molar-refractivity contribution >= 4 is 27.5 Å². The van der Waals surface area contributed by atoms with Crippen molar-refractivity contribution in [3.8, 4) is 0 Å². The van der Waals surface area contributed by atoms with Gasteiger partial charge in [0.15, 0.2) is 0 Å². The molecule has 0 spiro atoms. The number of aliphatic hydroxyl groups is 1. The number of amides is 1. The molecule has 1 amide bonds. The van der Waals surface area contributed by atoms with Crippen molar-refractivity contribution < 1.29 is 9.90 Å². The number of piperidine rings is 1. The van der Waals surface area contributed by atoms with Crippen LogP contribution in [0.1, 0.15) is 12.8 Å². The second kappa shape index (κ2) is 7.03. The number of likely N-dealkylation sites (tertiary alicyclic amines) is 1. The summed E-state index contributed by atoms with van der Waals surface area (Å²) in [4.78, 5) is 14.0. The van der Waals surface area contributed by atoms with E-state index in [0.717, 1.165) is 36.1 Å². The Morgan fingerprint density at radius 2 is 2.16 bits per heavy atom. The molecule has 5 heteroatoms. The number of anilines is 1. The molecule has 0 bridgehead atoms. The molecule has 1 heterocycles. The third-order valence-corrected chi connectivity index (χ3v) is 3.89. The fourth-order valence-corrected chi connectivity index (χ4v) is 2.65. The second-order valence-electron chi connectivity index (χ2n) is 4.98. The Morgan fingerprint density at radius 1 is 1.42 bits per heavy atom. The summed E-state index contributed by atoms with van der Waals surface area (Å²) in [6.07, 6.45) is 2.11. The van der Waals surface area contributed by atoms with Gasteiger partial charge in [-0.25, -0.2) is 0 Å². The van der Waals surface area contributed by atoms with Crippen LogP contribution in [0.3, 0.4) is 0 Å². The van der Waals surface area contributed by atoms with Crippen molar-refractivity contribution in [1.82, 2.24) is 4.90 Å². The molecular weight excluding hydrogens is 308 g/mol. The average molecular weight is 327 g/mol. The largest absolute Gasteiger partial charge is 0.396 e. The van der Waals surface area contributed by atoms with Crippen molar-refractivity contribution in [3.63, 3.8) is 0 Å². The lowest BCUT2D eigenvalue weighted by atomic mass is 9.99. The third kappa shape index (κ3) is 4.60. The summed E-state index contributed by atoms with van der Waals surface area (Å²) >= 11 is 3.36. The highest BCUT2D eigenvalue weighted by molar-refractivity contribution is 9.10. The third-order valence-electron chi connectivity index (χ3n) is 3.36. The Bertz CT molecular complexity index is 422. The highest BCUT2D eigenvalue weighted by Gasteiger charge is 2.20. The molecular formula is C14H19BrN2O2. The van der Waals surface area contributed by atoms with E-state index in [4.69, 9.17) is 0 Å². The minimum atomic E-state index is 0.000845. The molecule has 104 valence electrons. The molecule has 1 unspecified atom stereocenters. The monoisotopic (exact) mass is 326 g/mol. The van der Waals surface area contributed by atoms with Gasteiger partial charge in [0.25, 0.3) is 0 Å². The fourth-order valence-electron chi connectivity index (χ4n) is 2.38. The molecule has 1 aliphatic heterocycles. The minimum Gasteiger partial charge on any atom is -0.396 e. The molecule has 19 heavy (non-hydrogen) atoms. The number of carbonyl (C=O) groups is 1. The summed E-state index contributed by atoms with van der Waals surface area (Å²) in [5.74, 6) is 0.315. The predicted molar refractivity (Wildman–Crippen MR) is 79.0 cm³/mol. The van der Waals surface area contributed by atoms with Gasteiger partial charge >= 0.3 is 0 Å². The number of hydrogen-bond acceptors (Lipinski definition) is 3. The Hall–Kier alpha value is -0.910. The van der Waals surface area contributed by atoms with Crippen LogP contribution >= 0.6 is 15.9 Å². The van der Waals surface area contributed by atoms with Crippen LogP contribution in [0.2, 0.25) is 0 Å². The number of rotatable bonds is 4. The van der Waals surface area contributed by atoms with Crippen LogP contribution in [0.15, 0.2) is 28.7 Å². The number of carbonyl (C=O) groups excluding carboxylic acids is 1. The summed E-state index contributed by atoms with van der Waals surface area (Å²) in [5.41, 5.74) is 0.809. The topological polar surface area (TPSA) is 52.6 Å². The SMILES string of the molecule is O=C(CN1CCCC(CO)C1)Nc1ccc(Br)cc1. The summed E-state index contributed by atoms with van der Waals surface area (Å²) in [6.45, 7) is 2.35. The minimum absolute atomic E-state index is 0.000845. The number of nitrogens with one attached hydrogen (secondary N) is 1. The molecule has 1 aromatic carbocycles. The van der Waals surface area contributed by atoms with Gasteiger partial charge in [0.05, 0.1) is 6.54 Å². The van der Waals surface area contributed by atoms with E-state index in [1.54, 1.807) is 0 Å². The summed E-state index contributed by atoms with van der Waals surface area (Å²) < 4.78 is 0.993. The van der Waals surface area contributed by atoms with Crippen LogP contribution in [-0.2, 0) is 4.79 Å². The van der Waals surface area contributed by atoms with Crippen molar-refractivity contribution in [2.75, 3.05) is 31.6 Å². The Morgan fingerprint density at radius 3 is 2.84 bits per heavy atom. The van der Waals surface area contributed by atoms with Gasteiger partial charge in [-0.1, -0.05) is 15.9 Å². The molecule has 1 atom stereocenters. The first kappa shape index (κ1) is 14.5. The van der Waals surface area contributed by atoms with E-state index in [-0.39, 0.29) is 12.5 Å². The van der Waals surface area contributed by atoms with Gasteiger partial charge in [0, 0.05) is 23.3 Å². The predicted octanol–water partition coefficient (Wildman–Crippen LogP) is 2.09. The Balaban J connectivity index is 1.82. The summed E-state index contributed by atoms with van der Waals surface area (Å²) in [5, 5.41) is 12.1. The number of benzene rings is 1. The molecule has 2 rings (SSSR count).